The van der Waals surface area contributed by atoms with E-state index < -0.39 is 0 Å². The van der Waals surface area contributed by atoms with E-state index in [4.69, 9.17) is 9.15 Å². The average Bonchev–Trinajstić information content (AvgIpc) is 3.17. The summed E-state index contributed by atoms with van der Waals surface area (Å²) >= 11 is 0. The molecule has 2 aromatic rings. The second-order valence-corrected chi connectivity index (χ2v) is 8.49. The van der Waals surface area contributed by atoms with Crippen molar-refractivity contribution in [2.45, 2.75) is 50.9 Å². The average molecular weight is 426 g/mol. The van der Waals surface area contributed by atoms with Crippen LogP contribution in [-0.4, -0.2) is 59.9 Å². The number of amides is 2. The Labute approximate surface area is 183 Å². The summed E-state index contributed by atoms with van der Waals surface area (Å²) in [5, 5.41) is 0. The lowest BCUT2D eigenvalue weighted by molar-refractivity contribution is -0.141. The molecule has 0 N–H and O–H groups in total. The molecule has 0 bridgehead atoms. The molecule has 166 valence electrons. The number of oxazole rings is 1. The molecule has 0 spiro atoms. The highest BCUT2D eigenvalue weighted by molar-refractivity contribution is 5.85. The first-order chi connectivity index (χ1) is 15.1. The summed E-state index contributed by atoms with van der Waals surface area (Å²) in [6.45, 7) is 2.22. The van der Waals surface area contributed by atoms with E-state index in [1.165, 1.54) is 0 Å². The lowest BCUT2D eigenvalue weighted by atomic mass is 9.98. The van der Waals surface area contributed by atoms with Crippen LogP contribution in [-0.2, 0) is 16.0 Å². The van der Waals surface area contributed by atoms with Gasteiger partial charge in [-0.05, 0) is 43.4 Å². The standard InChI is InChI=1S/C24H31N3O4/c1-30-20-10-8-18(9-11-20)14-21-15-25-24(31-21)19-6-5-13-26(16-19)23(29)17-27-12-4-2-3-7-22(27)28/h8-11,15,19H,2-7,12-14,16-17H2,1H3/t19-/m1/s1. The number of nitrogens with zero attached hydrogens (tertiary/aromatic N) is 3. The van der Waals surface area contributed by atoms with Crippen LogP contribution in [0.2, 0.25) is 0 Å². The van der Waals surface area contributed by atoms with Gasteiger partial charge in [0.05, 0.1) is 25.8 Å². The summed E-state index contributed by atoms with van der Waals surface area (Å²) in [5.41, 5.74) is 1.13. The summed E-state index contributed by atoms with van der Waals surface area (Å²) in [5.74, 6) is 2.59. The van der Waals surface area contributed by atoms with Crippen molar-refractivity contribution >= 4 is 11.8 Å². The first-order valence-corrected chi connectivity index (χ1v) is 11.3. The Morgan fingerprint density at radius 1 is 1.16 bits per heavy atom. The van der Waals surface area contributed by atoms with E-state index in [2.05, 4.69) is 4.98 Å². The third-order valence-corrected chi connectivity index (χ3v) is 6.23. The van der Waals surface area contributed by atoms with Crippen LogP contribution in [0.1, 0.15) is 61.7 Å². The Bertz CT molecular complexity index is 892. The first-order valence-electron chi connectivity index (χ1n) is 11.3. The number of rotatable bonds is 6. The minimum atomic E-state index is 0.0324. The van der Waals surface area contributed by atoms with Gasteiger partial charge in [-0.25, -0.2) is 4.98 Å². The maximum absolute atomic E-state index is 12.9. The predicted molar refractivity (Wildman–Crippen MR) is 116 cm³/mol. The van der Waals surface area contributed by atoms with E-state index in [1.54, 1.807) is 18.2 Å². The number of ether oxygens (including phenoxy) is 1. The Morgan fingerprint density at radius 3 is 2.81 bits per heavy atom. The summed E-state index contributed by atoms with van der Waals surface area (Å²) in [6, 6.07) is 7.91. The van der Waals surface area contributed by atoms with Crippen LogP contribution in [0.3, 0.4) is 0 Å². The Hall–Kier alpha value is -2.83. The first kappa shape index (κ1) is 21.4. The summed E-state index contributed by atoms with van der Waals surface area (Å²) in [4.78, 5) is 33.2. The van der Waals surface area contributed by atoms with Gasteiger partial charge in [0.2, 0.25) is 11.8 Å². The Balaban J connectivity index is 1.34. The van der Waals surface area contributed by atoms with Crippen molar-refractivity contribution in [1.29, 1.82) is 0 Å². The smallest absolute Gasteiger partial charge is 0.242 e. The Kier molecular flexibility index (Phi) is 6.89. The Morgan fingerprint density at radius 2 is 2.00 bits per heavy atom. The van der Waals surface area contributed by atoms with Gasteiger partial charge in [0.15, 0.2) is 5.89 Å². The van der Waals surface area contributed by atoms with Crippen LogP contribution in [0, 0.1) is 0 Å². The molecule has 0 saturated carbocycles. The third-order valence-electron chi connectivity index (χ3n) is 6.23. The molecule has 1 aromatic carbocycles. The highest BCUT2D eigenvalue weighted by Crippen LogP contribution is 2.27. The zero-order valence-electron chi connectivity index (χ0n) is 18.2. The molecule has 0 unspecified atom stereocenters. The van der Waals surface area contributed by atoms with Crippen molar-refractivity contribution in [1.82, 2.24) is 14.8 Å². The predicted octanol–water partition coefficient (Wildman–Crippen LogP) is 3.38. The lowest BCUT2D eigenvalue weighted by Gasteiger charge is -2.33. The highest BCUT2D eigenvalue weighted by atomic mass is 16.5. The highest BCUT2D eigenvalue weighted by Gasteiger charge is 2.29. The van der Waals surface area contributed by atoms with Crippen molar-refractivity contribution in [3.8, 4) is 5.75 Å². The molecule has 1 atom stereocenters. The van der Waals surface area contributed by atoms with Gasteiger partial charge in [0.1, 0.15) is 11.5 Å². The number of likely N-dealkylation sites (tertiary alicyclic amines) is 2. The van der Waals surface area contributed by atoms with Gasteiger partial charge in [0, 0.05) is 32.5 Å². The minimum Gasteiger partial charge on any atom is -0.497 e. The zero-order chi connectivity index (χ0) is 21.6. The molecule has 7 heteroatoms. The van der Waals surface area contributed by atoms with Crippen LogP contribution in [0.4, 0.5) is 0 Å². The number of carbonyl (C=O) groups excluding carboxylic acids is 2. The maximum atomic E-state index is 12.9. The van der Waals surface area contributed by atoms with Crippen LogP contribution < -0.4 is 4.74 Å². The largest absolute Gasteiger partial charge is 0.497 e. The van der Waals surface area contributed by atoms with Crippen molar-refractivity contribution in [3.63, 3.8) is 0 Å². The summed E-state index contributed by atoms with van der Waals surface area (Å²) in [7, 11) is 1.65. The molecule has 4 rings (SSSR count). The number of hydrogen-bond donors (Lipinski definition) is 0. The van der Waals surface area contributed by atoms with Gasteiger partial charge in [-0.1, -0.05) is 18.6 Å². The molecule has 1 aromatic heterocycles. The van der Waals surface area contributed by atoms with Crippen LogP contribution >= 0.6 is 0 Å². The SMILES string of the molecule is COc1ccc(Cc2cnc([C@@H]3CCCN(C(=O)CN4CCCCCC4=O)C3)o2)cc1. The topological polar surface area (TPSA) is 75.9 Å². The van der Waals surface area contributed by atoms with Gasteiger partial charge in [0.25, 0.3) is 0 Å². The normalized spacial score (nSPS) is 19.9. The van der Waals surface area contributed by atoms with Crippen molar-refractivity contribution in [3.05, 3.63) is 47.7 Å². The van der Waals surface area contributed by atoms with Crippen LogP contribution in [0.15, 0.2) is 34.9 Å². The van der Waals surface area contributed by atoms with Gasteiger partial charge in [-0.15, -0.1) is 0 Å². The number of carbonyl (C=O) groups is 2. The molecule has 2 aliphatic heterocycles. The van der Waals surface area contributed by atoms with Gasteiger partial charge >= 0.3 is 0 Å². The van der Waals surface area contributed by atoms with E-state index in [0.29, 0.717) is 31.8 Å². The molecular formula is C24H31N3O4. The van der Waals surface area contributed by atoms with Crippen LogP contribution in [0.5, 0.6) is 5.75 Å². The molecule has 2 fully saturated rings. The fourth-order valence-electron chi connectivity index (χ4n) is 4.41. The molecule has 7 nitrogen and oxygen atoms in total. The number of aromatic nitrogens is 1. The van der Waals surface area contributed by atoms with Crippen molar-refractivity contribution < 1.29 is 18.7 Å². The van der Waals surface area contributed by atoms with Gasteiger partial charge < -0.3 is 19.0 Å². The van der Waals surface area contributed by atoms with Crippen molar-refractivity contribution in [2.24, 2.45) is 0 Å². The molecule has 0 radical (unpaired) electrons. The molecule has 0 aliphatic carbocycles. The fraction of sp³-hybridized carbons (Fsp3) is 0.542. The molecule has 2 amide bonds. The van der Waals surface area contributed by atoms with Gasteiger partial charge in [-0.3, -0.25) is 9.59 Å². The molecule has 2 saturated heterocycles. The lowest BCUT2D eigenvalue weighted by Crippen LogP contribution is -2.46. The molecule has 31 heavy (non-hydrogen) atoms. The summed E-state index contributed by atoms with van der Waals surface area (Å²) in [6.07, 6.45) is 7.86. The quantitative estimate of drug-likeness (QED) is 0.709. The number of hydrogen-bond acceptors (Lipinski definition) is 5. The van der Waals surface area contributed by atoms with E-state index >= 15 is 0 Å². The fourth-order valence-corrected chi connectivity index (χ4v) is 4.41. The number of benzene rings is 1. The second kappa shape index (κ2) is 9.98. The maximum Gasteiger partial charge on any atom is 0.242 e. The van der Waals surface area contributed by atoms with Crippen molar-refractivity contribution in [2.75, 3.05) is 33.3 Å². The van der Waals surface area contributed by atoms with E-state index in [-0.39, 0.29) is 24.3 Å². The third kappa shape index (κ3) is 5.46. The number of methoxy groups -OCH3 is 1. The zero-order valence-corrected chi connectivity index (χ0v) is 18.2. The second-order valence-electron chi connectivity index (χ2n) is 8.49. The van der Waals surface area contributed by atoms with E-state index in [1.807, 2.05) is 29.2 Å². The number of piperidine rings is 1. The molecule has 2 aliphatic rings. The van der Waals surface area contributed by atoms with E-state index in [0.717, 1.165) is 55.7 Å². The van der Waals surface area contributed by atoms with Gasteiger partial charge in [-0.2, -0.15) is 0 Å². The monoisotopic (exact) mass is 425 g/mol. The summed E-state index contributed by atoms with van der Waals surface area (Å²) < 4.78 is 11.3. The minimum absolute atomic E-state index is 0.0324. The molecular weight excluding hydrogens is 394 g/mol. The van der Waals surface area contributed by atoms with E-state index in [9.17, 15) is 9.59 Å². The van der Waals surface area contributed by atoms with Crippen LogP contribution in [0.25, 0.3) is 0 Å². The molecule has 3 heterocycles.